The number of imidazole rings is 1. The van der Waals surface area contributed by atoms with E-state index in [1.807, 2.05) is 30.6 Å². The van der Waals surface area contributed by atoms with Gasteiger partial charge in [-0.25, -0.2) is 4.98 Å². The maximum Gasteiger partial charge on any atom is 0.108 e. The van der Waals surface area contributed by atoms with Gasteiger partial charge < -0.3 is 10.3 Å². The van der Waals surface area contributed by atoms with Crippen molar-refractivity contribution in [3.05, 3.63) is 53.6 Å². The molecule has 1 heterocycles. The molecule has 3 nitrogen and oxygen atoms in total. The molecule has 0 saturated heterocycles. The first-order valence-corrected chi connectivity index (χ1v) is 6.51. The summed E-state index contributed by atoms with van der Waals surface area (Å²) < 4.78 is 2.15. The smallest absolute Gasteiger partial charge is 0.108 e. The molecule has 1 aromatic heterocycles. The van der Waals surface area contributed by atoms with Crippen molar-refractivity contribution in [1.82, 2.24) is 9.55 Å². The van der Waals surface area contributed by atoms with Crippen LogP contribution in [-0.2, 0) is 13.0 Å². The highest BCUT2D eigenvalue weighted by Crippen LogP contribution is 2.12. The minimum atomic E-state index is 0.447. The fraction of sp³-hybridized carbons (Fsp3) is 0.286. The molecule has 0 aliphatic rings. The van der Waals surface area contributed by atoms with Gasteiger partial charge in [-0.1, -0.05) is 43.4 Å². The van der Waals surface area contributed by atoms with Gasteiger partial charge in [-0.2, -0.15) is 0 Å². The Balaban J connectivity index is 2.28. The maximum atomic E-state index is 5.75. The van der Waals surface area contributed by atoms with E-state index in [0.717, 1.165) is 36.3 Å². The van der Waals surface area contributed by atoms with Crippen LogP contribution in [0, 0.1) is 0 Å². The zero-order valence-corrected chi connectivity index (χ0v) is 11.3. The lowest BCUT2D eigenvalue weighted by Gasteiger charge is -2.11. The first-order chi connectivity index (χ1) is 8.72. The summed E-state index contributed by atoms with van der Waals surface area (Å²) in [6, 6.07) is 7.99. The monoisotopic (exact) mass is 259 g/mol. The standard InChI is InChI=1S/C14H17N3S/c1-2-5-13-16-8-9-17(13)10-11-6-3-4-7-12(11)14(15)18/h3-4,6-9H,2,5,10H2,1H3,(H2,15,18). The minimum Gasteiger partial charge on any atom is -0.389 e. The first-order valence-electron chi connectivity index (χ1n) is 6.10. The van der Waals surface area contributed by atoms with Crippen molar-refractivity contribution in [1.29, 1.82) is 0 Å². The molecule has 2 N–H and O–H groups in total. The van der Waals surface area contributed by atoms with E-state index in [4.69, 9.17) is 18.0 Å². The molecule has 0 bridgehead atoms. The summed E-state index contributed by atoms with van der Waals surface area (Å²) in [6.07, 6.45) is 5.92. The zero-order valence-electron chi connectivity index (χ0n) is 10.5. The van der Waals surface area contributed by atoms with Gasteiger partial charge in [-0.3, -0.25) is 0 Å². The lowest BCUT2D eigenvalue weighted by atomic mass is 10.1. The topological polar surface area (TPSA) is 43.8 Å². The van der Waals surface area contributed by atoms with Gasteiger partial charge in [0.25, 0.3) is 0 Å². The number of benzene rings is 1. The molecule has 0 spiro atoms. The third-order valence-corrected chi connectivity index (χ3v) is 3.12. The average molecular weight is 259 g/mol. The Labute approximate surface area is 113 Å². The minimum absolute atomic E-state index is 0.447. The normalized spacial score (nSPS) is 10.5. The summed E-state index contributed by atoms with van der Waals surface area (Å²) in [5, 5.41) is 0. The number of nitrogens with two attached hydrogens (primary N) is 1. The maximum absolute atomic E-state index is 5.75. The van der Waals surface area contributed by atoms with Gasteiger partial charge >= 0.3 is 0 Å². The summed E-state index contributed by atoms with van der Waals surface area (Å²) in [4.78, 5) is 4.82. The molecule has 0 aliphatic carbocycles. The number of nitrogens with zero attached hydrogens (tertiary/aromatic N) is 2. The molecular formula is C14H17N3S. The molecule has 0 unspecified atom stereocenters. The Kier molecular flexibility index (Phi) is 4.10. The van der Waals surface area contributed by atoms with E-state index in [2.05, 4.69) is 22.5 Å². The van der Waals surface area contributed by atoms with Crippen LogP contribution < -0.4 is 5.73 Å². The van der Waals surface area contributed by atoms with E-state index in [1.165, 1.54) is 0 Å². The van der Waals surface area contributed by atoms with E-state index < -0.39 is 0 Å². The molecule has 0 aliphatic heterocycles. The molecule has 2 aromatic rings. The molecule has 18 heavy (non-hydrogen) atoms. The Morgan fingerprint density at radius 1 is 1.39 bits per heavy atom. The van der Waals surface area contributed by atoms with Gasteiger partial charge in [0.1, 0.15) is 10.8 Å². The molecule has 0 radical (unpaired) electrons. The van der Waals surface area contributed by atoms with E-state index in [-0.39, 0.29) is 0 Å². The second-order valence-electron chi connectivity index (χ2n) is 4.24. The largest absolute Gasteiger partial charge is 0.389 e. The van der Waals surface area contributed by atoms with Crippen molar-refractivity contribution < 1.29 is 0 Å². The average Bonchev–Trinajstić information content (AvgIpc) is 2.78. The highest BCUT2D eigenvalue weighted by molar-refractivity contribution is 7.80. The Bertz CT molecular complexity index is 545. The summed E-state index contributed by atoms with van der Waals surface area (Å²) in [6.45, 7) is 2.92. The summed E-state index contributed by atoms with van der Waals surface area (Å²) >= 11 is 5.08. The lowest BCUT2D eigenvalue weighted by molar-refractivity contribution is 0.704. The van der Waals surface area contributed by atoms with Crippen molar-refractivity contribution >= 4 is 17.2 Å². The van der Waals surface area contributed by atoms with Crippen LogP contribution in [0.25, 0.3) is 0 Å². The van der Waals surface area contributed by atoms with Crippen LogP contribution in [0.5, 0.6) is 0 Å². The van der Waals surface area contributed by atoms with Gasteiger partial charge in [-0.05, 0) is 12.0 Å². The first kappa shape index (κ1) is 12.8. The molecule has 1 aromatic carbocycles. The van der Waals surface area contributed by atoms with Gasteiger partial charge in [-0.15, -0.1) is 0 Å². The van der Waals surface area contributed by atoms with Crippen molar-refractivity contribution in [3.8, 4) is 0 Å². The molecule has 4 heteroatoms. The van der Waals surface area contributed by atoms with Crippen LogP contribution in [0.2, 0.25) is 0 Å². The van der Waals surface area contributed by atoms with Crippen molar-refractivity contribution in [3.63, 3.8) is 0 Å². The predicted molar refractivity (Wildman–Crippen MR) is 77.7 cm³/mol. The van der Waals surface area contributed by atoms with Crippen LogP contribution in [0.4, 0.5) is 0 Å². The SMILES string of the molecule is CCCc1nccn1Cc1ccccc1C(N)=S. The predicted octanol–water partition coefficient (Wildman–Crippen LogP) is 2.52. The molecule has 0 saturated carbocycles. The molecule has 0 amide bonds. The zero-order chi connectivity index (χ0) is 13.0. The van der Waals surface area contributed by atoms with Gasteiger partial charge in [0.15, 0.2) is 0 Å². The van der Waals surface area contributed by atoms with E-state index in [9.17, 15) is 0 Å². The Morgan fingerprint density at radius 3 is 2.89 bits per heavy atom. The van der Waals surface area contributed by atoms with E-state index in [1.54, 1.807) is 0 Å². The number of rotatable bonds is 5. The quantitative estimate of drug-likeness (QED) is 0.839. The van der Waals surface area contributed by atoms with Gasteiger partial charge in [0.2, 0.25) is 0 Å². The van der Waals surface area contributed by atoms with Crippen LogP contribution in [0.1, 0.15) is 30.3 Å². The number of thiocarbonyl (C=S) groups is 1. The van der Waals surface area contributed by atoms with E-state index in [0.29, 0.717) is 4.99 Å². The third kappa shape index (κ3) is 2.76. The number of hydrogen-bond donors (Lipinski definition) is 1. The summed E-state index contributed by atoms with van der Waals surface area (Å²) in [7, 11) is 0. The van der Waals surface area contributed by atoms with Crippen molar-refractivity contribution in [2.75, 3.05) is 0 Å². The van der Waals surface area contributed by atoms with Gasteiger partial charge in [0, 0.05) is 30.9 Å². The third-order valence-electron chi connectivity index (χ3n) is 2.90. The molecular weight excluding hydrogens is 242 g/mol. The Hall–Kier alpha value is -1.68. The summed E-state index contributed by atoms with van der Waals surface area (Å²) in [5.74, 6) is 1.11. The van der Waals surface area contributed by atoms with Crippen LogP contribution in [0.15, 0.2) is 36.7 Å². The highest BCUT2D eigenvalue weighted by atomic mass is 32.1. The lowest BCUT2D eigenvalue weighted by Crippen LogP contribution is -2.14. The second-order valence-corrected chi connectivity index (χ2v) is 4.68. The second kappa shape index (κ2) is 5.78. The molecule has 2 rings (SSSR count). The molecule has 94 valence electrons. The van der Waals surface area contributed by atoms with Crippen molar-refractivity contribution in [2.24, 2.45) is 5.73 Å². The van der Waals surface area contributed by atoms with Crippen LogP contribution in [-0.4, -0.2) is 14.5 Å². The van der Waals surface area contributed by atoms with Gasteiger partial charge in [0.05, 0.1) is 0 Å². The number of aryl methyl sites for hydroxylation is 1. The molecule has 0 atom stereocenters. The summed E-state index contributed by atoms with van der Waals surface area (Å²) in [5.41, 5.74) is 7.83. The van der Waals surface area contributed by atoms with E-state index >= 15 is 0 Å². The van der Waals surface area contributed by atoms with Crippen molar-refractivity contribution in [2.45, 2.75) is 26.3 Å². The number of hydrogen-bond acceptors (Lipinski definition) is 2. The molecule has 0 fully saturated rings. The van der Waals surface area contributed by atoms with Crippen LogP contribution in [0.3, 0.4) is 0 Å². The fourth-order valence-electron chi connectivity index (χ4n) is 2.02. The number of aromatic nitrogens is 2. The van der Waals surface area contributed by atoms with Crippen LogP contribution >= 0.6 is 12.2 Å². The fourth-order valence-corrected chi connectivity index (χ4v) is 2.22. The highest BCUT2D eigenvalue weighted by Gasteiger charge is 2.07. The Morgan fingerprint density at radius 2 is 2.17 bits per heavy atom.